The zero-order chi connectivity index (χ0) is 16.2. The number of benzene rings is 1. The van der Waals surface area contributed by atoms with Gasteiger partial charge in [-0.15, -0.1) is 0 Å². The van der Waals surface area contributed by atoms with Crippen molar-refractivity contribution in [3.8, 4) is 0 Å². The number of nitrogens with one attached hydrogen (secondary N) is 1. The van der Waals surface area contributed by atoms with E-state index in [2.05, 4.69) is 5.32 Å². The van der Waals surface area contributed by atoms with Crippen molar-refractivity contribution in [1.82, 2.24) is 0 Å². The fourth-order valence-electron chi connectivity index (χ4n) is 2.95. The van der Waals surface area contributed by atoms with Gasteiger partial charge in [-0.05, 0) is 50.3 Å². The minimum absolute atomic E-state index is 0.148. The van der Waals surface area contributed by atoms with Crippen molar-refractivity contribution >= 4 is 17.8 Å². The minimum Gasteiger partial charge on any atom is -0.480 e. The van der Waals surface area contributed by atoms with Crippen molar-refractivity contribution in [2.75, 3.05) is 18.4 Å². The Balaban J connectivity index is 1.74. The molecule has 122 valence electrons. The van der Waals surface area contributed by atoms with Crippen LogP contribution in [0.15, 0.2) is 35.7 Å². The molecule has 1 heterocycles. The molecular weight excluding hydrogens is 290 g/mol. The summed E-state index contributed by atoms with van der Waals surface area (Å²) in [5.74, 6) is 0.236. The molecule has 0 unspecified atom stereocenters. The number of aryl methyl sites for hydroxylation is 1. The second-order valence-corrected chi connectivity index (χ2v) is 6.17. The number of nitrogens with two attached hydrogens (primary N) is 1. The van der Waals surface area contributed by atoms with E-state index in [9.17, 15) is 4.79 Å². The molecule has 23 heavy (non-hydrogen) atoms. The Labute approximate surface area is 136 Å². The van der Waals surface area contributed by atoms with E-state index < -0.39 is 0 Å². The van der Waals surface area contributed by atoms with Crippen molar-refractivity contribution in [3.05, 3.63) is 41.3 Å². The van der Waals surface area contributed by atoms with Gasteiger partial charge >= 0.3 is 5.70 Å². The third-order valence-electron chi connectivity index (χ3n) is 4.19. The average Bonchev–Trinajstić information content (AvgIpc) is 3.08. The van der Waals surface area contributed by atoms with Gasteiger partial charge in [-0.25, -0.2) is 0 Å². The standard InChI is InChI=1S/C18H23N3O2/c1-13-5-4-6-14(11-13)20-18(22)17(16-12-21(16)10-9-19)23-15-7-2-3-8-15/h4-6,11-12,15H,2-3,7-10,19H2,1H3/p+1/b17-16-. The van der Waals surface area contributed by atoms with E-state index in [1.54, 1.807) is 0 Å². The minimum atomic E-state index is -0.187. The fourth-order valence-corrected chi connectivity index (χ4v) is 2.95. The van der Waals surface area contributed by atoms with Crippen molar-refractivity contribution in [3.63, 3.8) is 0 Å². The monoisotopic (exact) mass is 314 g/mol. The molecule has 3 N–H and O–H groups in total. The average molecular weight is 314 g/mol. The maximum absolute atomic E-state index is 12.7. The predicted octanol–water partition coefficient (Wildman–Crippen LogP) is 2.16. The number of carbonyl (C=O) groups is 1. The van der Waals surface area contributed by atoms with Gasteiger partial charge in [0.05, 0.1) is 12.6 Å². The number of ether oxygens (including phenoxy) is 1. The summed E-state index contributed by atoms with van der Waals surface area (Å²) in [6.45, 7) is 3.27. The summed E-state index contributed by atoms with van der Waals surface area (Å²) in [7, 11) is 0. The third kappa shape index (κ3) is 3.99. The Hall–Kier alpha value is -2.14. The highest BCUT2D eigenvalue weighted by Gasteiger charge is 2.38. The van der Waals surface area contributed by atoms with Crippen LogP contribution in [0.3, 0.4) is 0 Å². The molecule has 0 atom stereocenters. The molecular formula is C18H24N3O2+. The first-order chi connectivity index (χ1) is 11.2. The van der Waals surface area contributed by atoms with E-state index in [0.717, 1.165) is 29.8 Å². The molecule has 1 amide bonds. The Morgan fingerprint density at radius 2 is 2.17 bits per heavy atom. The lowest BCUT2D eigenvalue weighted by Crippen LogP contribution is -2.22. The predicted molar refractivity (Wildman–Crippen MR) is 90.4 cm³/mol. The maximum Gasteiger partial charge on any atom is 0.317 e. The van der Waals surface area contributed by atoms with Crippen LogP contribution in [0.5, 0.6) is 0 Å². The zero-order valence-corrected chi connectivity index (χ0v) is 13.5. The highest BCUT2D eigenvalue weighted by atomic mass is 16.5. The van der Waals surface area contributed by atoms with Crippen LogP contribution in [0.25, 0.3) is 0 Å². The lowest BCUT2D eigenvalue weighted by atomic mass is 10.2. The Morgan fingerprint density at radius 1 is 1.39 bits per heavy atom. The third-order valence-corrected chi connectivity index (χ3v) is 4.19. The normalized spacial score (nSPS) is 19.3. The van der Waals surface area contributed by atoms with Crippen molar-refractivity contribution in [1.29, 1.82) is 0 Å². The van der Waals surface area contributed by atoms with Gasteiger partial charge in [0.2, 0.25) is 6.21 Å². The molecule has 0 spiro atoms. The van der Waals surface area contributed by atoms with E-state index >= 15 is 0 Å². The molecule has 0 saturated heterocycles. The van der Waals surface area contributed by atoms with Gasteiger partial charge in [0.25, 0.3) is 11.7 Å². The number of carbonyl (C=O) groups excluding carboxylic acids is 1. The van der Waals surface area contributed by atoms with E-state index in [0.29, 0.717) is 18.8 Å². The van der Waals surface area contributed by atoms with Crippen LogP contribution in [0.1, 0.15) is 31.2 Å². The molecule has 5 nitrogen and oxygen atoms in total. The van der Waals surface area contributed by atoms with Crippen molar-refractivity contribution in [2.45, 2.75) is 38.7 Å². The van der Waals surface area contributed by atoms with Crippen LogP contribution in [0.4, 0.5) is 5.69 Å². The summed E-state index contributed by atoms with van der Waals surface area (Å²) in [4.78, 5) is 12.7. The number of amides is 1. The van der Waals surface area contributed by atoms with Gasteiger partial charge in [0.15, 0.2) is 6.54 Å². The topological polar surface area (TPSA) is 67.4 Å². The molecule has 0 aromatic heterocycles. The van der Waals surface area contributed by atoms with Gasteiger partial charge in [0, 0.05) is 5.69 Å². The number of rotatable bonds is 6. The Morgan fingerprint density at radius 3 is 2.87 bits per heavy atom. The summed E-state index contributed by atoms with van der Waals surface area (Å²) < 4.78 is 8.00. The molecule has 1 saturated carbocycles. The molecule has 5 heteroatoms. The largest absolute Gasteiger partial charge is 0.480 e. The van der Waals surface area contributed by atoms with Crippen LogP contribution in [0.2, 0.25) is 0 Å². The van der Waals surface area contributed by atoms with Crippen LogP contribution < -0.4 is 11.1 Å². The first-order valence-corrected chi connectivity index (χ1v) is 8.28. The number of allylic oxidation sites excluding steroid dienone is 1. The van der Waals surface area contributed by atoms with Gasteiger partial charge in [-0.1, -0.05) is 12.1 Å². The smallest absolute Gasteiger partial charge is 0.317 e. The number of nitrogens with zero attached hydrogens (tertiary/aromatic N) is 1. The first-order valence-electron chi connectivity index (χ1n) is 8.28. The zero-order valence-electron chi connectivity index (χ0n) is 13.5. The SMILES string of the molecule is Cc1cccc(NC(=O)/C(OC2CCCC2)=C2C=[N+]\2CCN)c1. The molecule has 1 fully saturated rings. The molecule has 2 aliphatic rings. The highest BCUT2D eigenvalue weighted by Crippen LogP contribution is 2.27. The molecule has 0 radical (unpaired) electrons. The van der Waals surface area contributed by atoms with Gasteiger partial charge in [0.1, 0.15) is 0 Å². The molecule has 1 aromatic rings. The molecule has 1 aliphatic carbocycles. The van der Waals surface area contributed by atoms with Crippen molar-refractivity contribution < 1.29 is 14.1 Å². The van der Waals surface area contributed by atoms with Crippen LogP contribution in [-0.4, -0.2) is 35.9 Å². The van der Waals surface area contributed by atoms with E-state index in [4.69, 9.17) is 10.5 Å². The van der Waals surface area contributed by atoms with E-state index in [1.165, 1.54) is 12.8 Å². The van der Waals surface area contributed by atoms with Crippen LogP contribution in [-0.2, 0) is 9.53 Å². The molecule has 3 rings (SSSR count). The van der Waals surface area contributed by atoms with E-state index in [-0.39, 0.29) is 12.0 Å². The second-order valence-electron chi connectivity index (χ2n) is 6.17. The highest BCUT2D eigenvalue weighted by molar-refractivity contribution is 6.06. The summed E-state index contributed by atoms with van der Waals surface area (Å²) in [5, 5.41) is 2.94. The van der Waals surface area contributed by atoms with E-state index in [1.807, 2.05) is 42.0 Å². The van der Waals surface area contributed by atoms with Crippen molar-refractivity contribution in [2.24, 2.45) is 5.73 Å². The van der Waals surface area contributed by atoms with Gasteiger partial charge in [-0.3, -0.25) is 4.79 Å². The quantitative estimate of drug-likeness (QED) is 0.480. The Kier molecular flexibility index (Phi) is 4.76. The van der Waals surface area contributed by atoms with Gasteiger partial charge in [-0.2, -0.15) is 4.58 Å². The summed E-state index contributed by atoms with van der Waals surface area (Å²) >= 11 is 0. The molecule has 0 bridgehead atoms. The lowest BCUT2D eigenvalue weighted by Gasteiger charge is -2.14. The molecule has 1 aliphatic heterocycles. The first kappa shape index (κ1) is 15.7. The fraction of sp³-hybridized carbons (Fsp3) is 0.444. The number of anilines is 1. The van der Waals surface area contributed by atoms with Gasteiger partial charge < -0.3 is 15.8 Å². The Bertz CT molecular complexity index is 658. The maximum atomic E-state index is 12.7. The summed E-state index contributed by atoms with van der Waals surface area (Å²) in [6.07, 6.45) is 6.45. The van der Waals surface area contributed by atoms with Crippen LogP contribution in [0, 0.1) is 6.92 Å². The number of hydrogen-bond acceptors (Lipinski definition) is 3. The summed E-state index contributed by atoms with van der Waals surface area (Å²) in [6, 6.07) is 7.77. The second kappa shape index (κ2) is 6.96. The lowest BCUT2D eigenvalue weighted by molar-refractivity contribution is -0.402. The summed E-state index contributed by atoms with van der Waals surface area (Å²) in [5.41, 5.74) is 8.33. The number of hydrogen-bond donors (Lipinski definition) is 2. The van der Waals surface area contributed by atoms with Crippen LogP contribution >= 0.6 is 0 Å². The molecule has 1 aromatic carbocycles.